The Hall–Kier alpha value is -2.18. The van der Waals surface area contributed by atoms with Gasteiger partial charge in [0.05, 0.1) is 5.39 Å². The molecule has 0 aliphatic carbocycles. The van der Waals surface area contributed by atoms with Gasteiger partial charge in [0, 0.05) is 15.5 Å². The second-order valence-electron chi connectivity index (χ2n) is 5.88. The lowest BCUT2D eigenvalue weighted by molar-refractivity contribution is -0.121. The van der Waals surface area contributed by atoms with Crippen LogP contribution in [0.5, 0.6) is 0 Å². The molecule has 0 saturated carbocycles. The fourth-order valence-corrected chi connectivity index (χ4v) is 4.32. The van der Waals surface area contributed by atoms with Crippen molar-refractivity contribution in [3.05, 3.63) is 50.3 Å². The van der Waals surface area contributed by atoms with Crippen LogP contribution >= 0.6 is 22.9 Å². The SMILES string of the molecule is CCC(C(N)=O)n1c(C)nc2sc(C)c(-c3ccc(Cl)cc3)c2c1=O. The summed E-state index contributed by atoms with van der Waals surface area (Å²) in [6.07, 6.45) is 0.433. The summed E-state index contributed by atoms with van der Waals surface area (Å²) in [6, 6.07) is 6.64. The van der Waals surface area contributed by atoms with Gasteiger partial charge >= 0.3 is 0 Å². The van der Waals surface area contributed by atoms with Crippen molar-refractivity contribution in [2.45, 2.75) is 33.2 Å². The lowest BCUT2D eigenvalue weighted by Gasteiger charge is -2.17. The lowest BCUT2D eigenvalue weighted by atomic mass is 10.0. The molecule has 3 aromatic rings. The van der Waals surface area contributed by atoms with Crippen LogP contribution in [0.1, 0.15) is 30.1 Å². The fourth-order valence-electron chi connectivity index (χ4n) is 3.12. The summed E-state index contributed by atoms with van der Waals surface area (Å²) in [5, 5.41) is 1.15. The Bertz CT molecular complexity index is 1020. The largest absolute Gasteiger partial charge is 0.368 e. The van der Waals surface area contributed by atoms with Gasteiger partial charge in [-0.2, -0.15) is 0 Å². The number of primary amides is 1. The van der Waals surface area contributed by atoms with E-state index in [0.29, 0.717) is 27.5 Å². The van der Waals surface area contributed by atoms with Crippen LogP contribution in [0.3, 0.4) is 0 Å². The van der Waals surface area contributed by atoms with Gasteiger partial charge in [0.15, 0.2) is 0 Å². The molecule has 3 rings (SSSR count). The van der Waals surface area contributed by atoms with E-state index in [4.69, 9.17) is 17.3 Å². The summed E-state index contributed by atoms with van der Waals surface area (Å²) in [4.78, 5) is 31.2. The Morgan fingerprint density at radius 1 is 1.32 bits per heavy atom. The number of rotatable bonds is 4. The lowest BCUT2D eigenvalue weighted by Crippen LogP contribution is -2.35. The molecule has 0 radical (unpaired) electrons. The highest BCUT2D eigenvalue weighted by Gasteiger charge is 2.24. The average Bonchev–Trinajstić information content (AvgIpc) is 2.88. The van der Waals surface area contributed by atoms with Crippen molar-refractivity contribution in [3.63, 3.8) is 0 Å². The molecule has 0 saturated heterocycles. The van der Waals surface area contributed by atoms with Crippen molar-refractivity contribution in [1.82, 2.24) is 9.55 Å². The predicted octanol–water partition coefficient (Wildman–Crippen LogP) is 3.83. The van der Waals surface area contributed by atoms with Crippen molar-refractivity contribution >= 4 is 39.1 Å². The smallest absolute Gasteiger partial charge is 0.263 e. The van der Waals surface area contributed by atoms with Gasteiger partial charge in [-0.15, -0.1) is 11.3 Å². The highest BCUT2D eigenvalue weighted by molar-refractivity contribution is 7.19. The van der Waals surface area contributed by atoms with Crippen molar-refractivity contribution in [1.29, 1.82) is 0 Å². The van der Waals surface area contributed by atoms with Crippen LogP contribution in [-0.4, -0.2) is 15.5 Å². The summed E-state index contributed by atoms with van der Waals surface area (Å²) in [6.45, 7) is 5.51. The third kappa shape index (κ3) is 2.96. The van der Waals surface area contributed by atoms with Gasteiger partial charge in [-0.05, 0) is 38.0 Å². The van der Waals surface area contributed by atoms with E-state index < -0.39 is 11.9 Å². The number of hydrogen-bond donors (Lipinski definition) is 1. The van der Waals surface area contributed by atoms with Crippen LogP contribution < -0.4 is 11.3 Å². The van der Waals surface area contributed by atoms with E-state index in [1.807, 2.05) is 26.0 Å². The Balaban J connectivity index is 2.37. The summed E-state index contributed by atoms with van der Waals surface area (Å²) in [7, 11) is 0. The molecule has 2 aromatic heterocycles. The van der Waals surface area contributed by atoms with E-state index >= 15 is 0 Å². The molecule has 5 nitrogen and oxygen atoms in total. The zero-order chi connectivity index (χ0) is 18.3. The maximum atomic E-state index is 13.2. The quantitative estimate of drug-likeness (QED) is 0.752. The minimum absolute atomic E-state index is 0.234. The fraction of sp³-hybridized carbons (Fsp3) is 0.278. The Morgan fingerprint density at radius 3 is 2.52 bits per heavy atom. The maximum Gasteiger partial charge on any atom is 0.263 e. The van der Waals surface area contributed by atoms with Gasteiger partial charge in [0.25, 0.3) is 5.56 Å². The Labute approximate surface area is 154 Å². The minimum Gasteiger partial charge on any atom is -0.368 e. The zero-order valence-electron chi connectivity index (χ0n) is 14.2. The van der Waals surface area contributed by atoms with E-state index in [0.717, 1.165) is 16.0 Å². The van der Waals surface area contributed by atoms with Gasteiger partial charge in [0.2, 0.25) is 5.91 Å². The van der Waals surface area contributed by atoms with Crippen LogP contribution in [0.2, 0.25) is 5.02 Å². The molecule has 2 N–H and O–H groups in total. The number of nitrogens with zero attached hydrogens (tertiary/aromatic N) is 2. The second kappa shape index (κ2) is 6.61. The number of amides is 1. The summed E-state index contributed by atoms with van der Waals surface area (Å²) in [5.41, 5.74) is 6.99. The normalized spacial score (nSPS) is 12.5. The standard InChI is InChI=1S/C18H18ClN3O2S/c1-4-13(16(20)23)22-10(3)21-17-15(18(22)24)14(9(2)25-17)11-5-7-12(19)8-6-11/h5-8,13H,4H2,1-3H3,(H2,20,23). The van der Waals surface area contributed by atoms with Crippen molar-refractivity contribution in [3.8, 4) is 11.1 Å². The molecule has 0 spiro atoms. The predicted molar refractivity (Wildman–Crippen MR) is 102 cm³/mol. The minimum atomic E-state index is -0.706. The van der Waals surface area contributed by atoms with E-state index in [-0.39, 0.29) is 5.56 Å². The second-order valence-corrected chi connectivity index (χ2v) is 7.52. The van der Waals surface area contributed by atoms with Crippen molar-refractivity contribution in [2.24, 2.45) is 5.73 Å². The highest BCUT2D eigenvalue weighted by atomic mass is 35.5. The molecule has 0 aliphatic heterocycles. The maximum absolute atomic E-state index is 13.2. The van der Waals surface area contributed by atoms with Crippen molar-refractivity contribution < 1.29 is 4.79 Å². The third-order valence-corrected chi connectivity index (χ3v) is 5.52. The third-order valence-electron chi connectivity index (χ3n) is 4.27. The molecular weight excluding hydrogens is 358 g/mol. The molecule has 130 valence electrons. The number of benzene rings is 1. The monoisotopic (exact) mass is 375 g/mol. The first-order chi connectivity index (χ1) is 11.8. The molecule has 0 fully saturated rings. The molecule has 1 aromatic carbocycles. The van der Waals surface area contributed by atoms with E-state index in [1.54, 1.807) is 19.1 Å². The van der Waals surface area contributed by atoms with E-state index in [9.17, 15) is 9.59 Å². The number of aromatic nitrogens is 2. The number of carbonyl (C=O) groups excluding carboxylic acids is 1. The number of carbonyl (C=O) groups is 1. The van der Waals surface area contributed by atoms with Crippen molar-refractivity contribution in [2.75, 3.05) is 0 Å². The Kier molecular flexibility index (Phi) is 4.67. The average molecular weight is 376 g/mol. The van der Waals surface area contributed by atoms with Gasteiger partial charge in [-0.1, -0.05) is 30.7 Å². The molecular formula is C18H18ClN3O2S. The number of nitrogens with two attached hydrogens (primary N) is 1. The first kappa shape index (κ1) is 17.6. The molecule has 0 bridgehead atoms. The first-order valence-corrected chi connectivity index (χ1v) is 9.12. The Morgan fingerprint density at radius 2 is 1.96 bits per heavy atom. The van der Waals surface area contributed by atoms with Crippen LogP contribution in [0.25, 0.3) is 21.3 Å². The number of aryl methyl sites for hydroxylation is 2. The number of hydrogen-bond acceptors (Lipinski definition) is 4. The number of fused-ring (bicyclic) bond motifs is 1. The first-order valence-electron chi connectivity index (χ1n) is 7.92. The number of halogens is 1. The van der Waals surface area contributed by atoms with Gasteiger partial charge in [0.1, 0.15) is 16.7 Å². The molecule has 0 aliphatic rings. The van der Waals surface area contributed by atoms with Crippen LogP contribution in [0, 0.1) is 13.8 Å². The van der Waals surface area contributed by atoms with Crippen LogP contribution in [-0.2, 0) is 4.79 Å². The van der Waals surface area contributed by atoms with Gasteiger partial charge < -0.3 is 5.73 Å². The molecule has 1 atom stereocenters. The molecule has 1 unspecified atom stereocenters. The topological polar surface area (TPSA) is 78.0 Å². The van der Waals surface area contributed by atoms with E-state index in [1.165, 1.54) is 15.9 Å². The number of thiophene rings is 1. The van der Waals surface area contributed by atoms with Gasteiger partial charge in [-0.25, -0.2) is 4.98 Å². The van der Waals surface area contributed by atoms with E-state index in [2.05, 4.69) is 4.98 Å². The molecule has 7 heteroatoms. The van der Waals surface area contributed by atoms with Crippen LogP contribution in [0.4, 0.5) is 0 Å². The molecule has 25 heavy (non-hydrogen) atoms. The molecule has 2 heterocycles. The summed E-state index contributed by atoms with van der Waals surface area (Å²) in [5.74, 6) is -0.0408. The summed E-state index contributed by atoms with van der Waals surface area (Å²) >= 11 is 7.45. The van der Waals surface area contributed by atoms with Gasteiger partial charge in [-0.3, -0.25) is 14.2 Å². The molecule has 1 amide bonds. The highest BCUT2D eigenvalue weighted by Crippen LogP contribution is 2.36. The summed E-state index contributed by atoms with van der Waals surface area (Å²) < 4.78 is 1.41. The zero-order valence-corrected chi connectivity index (χ0v) is 15.7. The van der Waals surface area contributed by atoms with Crippen LogP contribution in [0.15, 0.2) is 29.1 Å².